The maximum absolute atomic E-state index is 11.9. The molecule has 0 unspecified atom stereocenters. The van der Waals surface area contributed by atoms with Crippen molar-refractivity contribution >= 4 is 11.9 Å². The summed E-state index contributed by atoms with van der Waals surface area (Å²) in [7, 11) is 0. The smallest absolute Gasteiger partial charge is 0.336 e. The summed E-state index contributed by atoms with van der Waals surface area (Å²) in [5.74, 6) is -2.28. The summed E-state index contributed by atoms with van der Waals surface area (Å²) in [5.41, 5.74) is 1.69. The molecule has 34 heavy (non-hydrogen) atoms. The summed E-state index contributed by atoms with van der Waals surface area (Å²) in [6.45, 7) is 4.39. The summed E-state index contributed by atoms with van der Waals surface area (Å²) in [6.07, 6.45) is 18.6. The fraction of sp³-hybridized carbons (Fsp3) is 0.571. The number of aromatic nitrogens is 2. The molecule has 6 heteroatoms. The standard InChI is InChI=1S/C24H38O4.C4H4N2/c1-3-5-7-9-11-13-15-19-17-18-21(23(25)26)22(24(27)28)20(19)16-14-12-10-8-6-4-2;1-2-4-6-5-3-1/h17-18H,3-16H2,1-2H3,(H,25,26)(H,27,28);1-4H. The Labute approximate surface area is 204 Å². The van der Waals surface area contributed by atoms with E-state index >= 15 is 0 Å². The number of carbonyl (C=O) groups is 2. The topological polar surface area (TPSA) is 100 Å². The lowest BCUT2D eigenvalue weighted by Crippen LogP contribution is -2.14. The molecule has 2 rings (SSSR count). The highest BCUT2D eigenvalue weighted by Crippen LogP contribution is 2.25. The predicted octanol–water partition coefficient (Wildman–Crippen LogP) is 7.37. The van der Waals surface area contributed by atoms with Crippen LogP contribution in [0, 0.1) is 0 Å². The van der Waals surface area contributed by atoms with Crippen LogP contribution in [-0.4, -0.2) is 32.3 Å². The number of aryl methyl sites for hydroxylation is 1. The van der Waals surface area contributed by atoms with Crippen LogP contribution in [0.1, 0.15) is 123 Å². The zero-order valence-electron chi connectivity index (χ0n) is 21.0. The predicted molar refractivity (Wildman–Crippen MR) is 137 cm³/mol. The van der Waals surface area contributed by atoms with Gasteiger partial charge in [0.25, 0.3) is 0 Å². The zero-order valence-corrected chi connectivity index (χ0v) is 21.0. The number of unbranched alkanes of at least 4 members (excludes halogenated alkanes) is 10. The molecule has 0 radical (unpaired) electrons. The molecule has 188 valence electrons. The Morgan fingerprint density at radius 1 is 0.676 bits per heavy atom. The zero-order chi connectivity index (χ0) is 25.0. The van der Waals surface area contributed by atoms with Crippen molar-refractivity contribution in [2.75, 3.05) is 0 Å². The van der Waals surface area contributed by atoms with Gasteiger partial charge in [0, 0.05) is 12.4 Å². The molecule has 0 bridgehead atoms. The van der Waals surface area contributed by atoms with Crippen LogP contribution in [0.4, 0.5) is 0 Å². The van der Waals surface area contributed by atoms with Gasteiger partial charge in [-0.3, -0.25) is 0 Å². The Hall–Kier alpha value is -2.76. The van der Waals surface area contributed by atoms with E-state index in [2.05, 4.69) is 24.0 Å². The third-order valence-electron chi connectivity index (χ3n) is 5.92. The molecular weight excluding hydrogens is 428 g/mol. The summed E-state index contributed by atoms with van der Waals surface area (Å²) >= 11 is 0. The summed E-state index contributed by atoms with van der Waals surface area (Å²) in [4.78, 5) is 23.4. The van der Waals surface area contributed by atoms with Gasteiger partial charge in [-0.15, -0.1) is 0 Å². The number of aromatic carboxylic acids is 2. The maximum Gasteiger partial charge on any atom is 0.336 e. The molecule has 0 aliphatic rings. The van der Waals surface area contributed by atoms with Crippen LogP contribution >= 0.6 is 0 Å². The molecule has 0 spiro atoms. The molecule has 0 aliphatic heterocycles. The lowest BCUT2D eigenvalue weighted by atomic mass is 9.89. The van der Waals surface area contributed by atoms with Gasteiger partial charge in [0.1, 0.15) is 0 Å². The van der Waals surface area contributed by atoms with Gasteiger partial charge < -0.3 is 10.2 Å². The fourth-order valence-electron chi connectivity index (χ4n) is 4.06. The van der Waals surface area contributed by atoms with E-state index in [1.807, 2.05) is 18.2 Å². The van der Waals surface area contributed by atoms with E-state index in [9.17, 15) is 19.8 Å². The van der Waals surface area contributed by atoms with Crippen molar-refractivity contribution in [2.24, 2.45) is 0 Å². The van der Waals surface area contributed by atoms with Crippen molar-refractivity contribution in [1.82, 2.24) is 10.2 Å². The van der Waals surface area contributed by atoms with Crippen LogP contribution in [0.5, 0.6) is 0 Å². The van der Waals surface area contributed by atoms with Gasteiger partial charge in [0.2, 0.25) is 0 Å². The molecule has 0 atom stereocenters. The van der Waals surface area contributed by atoms with E-state index in [1.165, 1.54) is 51.0 Å². The second-order valence-electron chi connectivity index (χ2n) is 8.69. The maximum atomic E-state index is 11.9. The number of rotatable bonds is 16. The third kappa shape index (κ3) is 11.9. The van der Waals surface area contributed by atoms with Crippen molar-refractivity contribution in [1.29, 1.82) is 0 Å². The average Bonchev–Trinajstić information content (AvgIpc) is 2.84. The van der Waals surface area contributed by atoms with Crippen LogP contribution in [-0.2, 0) is 12.8 Å². The Kier molecular flexibility index (Phi) is 16.1. The lowest BCUT2D eigenvalue weighted by molar-refractivity contribution is 0.0650. The minimum atomic E-state index is -1.16. The minimum Gasteiger partial charge on any atom is -0.478 e. The molecule has 0 aliphatic carbocycles. The SMILES string of the molecule is CCCCCCCCc1ccc(C(=O)O)c(C(=O)O)c1CCCCCCCC.c1ccnnc1. The van der Waals surface area contributed by atoms with Crippen LogP contribution in [0.3, 0.4) is 0 Å². The molecular formula is C28H42N2O4. The number of hydrogen-bond acceptors (Lipinski definition) is 4. The van der Waals surface area contributed by atoms with Gasteiger partial charge in [0.05, 0.1) is 11.1 Å². The van der Waals surface area contributed by atoms with Gasteiger partial charge in [-0.05, 0) is 55.0 Å². The number of benzene rings is 1. The first-order valence-electron chi connectivity index (χ1n) is 12.9. The Balaban J connectivity index is 0.000000830. The summed E-state index contributed by atoms with van der Waals surface area (Å²) in [5, 5.41) is 26.2. The minimum absolute atomic E-state index is 0.00420. The lowest BCUT2D eigenvalue weighted by Gasteiger charge is -2.15. The monoisotopic (exact) mass is 470 g/mol. The van der Waals surface area contributed by atoms with E-state index in [-0.39, 0.29) is 11.1 Å². The second kappa shape index (κ2) is 18.6. The highest BCUT2D eigenvalue weighted by molar-refractivity contribution is 6.03. The Morgan fingerprint density at radius 3 is 1.62 bits per heavy atom. The fourth-order valence-corrected chi connectivity index (χ4v) is 4.06. The first kappa shape index (κ1) is 29.3. The van der Waals surface area contributed by atoms with Crippen LogP contribution in [0.2, 0.25) is 0 Å². The molecule has 1 heterocycles. The van der Waals surface area contributed by atoms with E-state index in [4.69, 9.17) is 0 Å². The van der Waals surface area contributed by atoms with E-state index < -0.39 is 11.9 Å². The van der Waals surface area contributed by atoms with E-state index in [0.717, 1.165) is 49.7 Å². The normalized spacial score (nSPS) is 10.4. The quantitative estimate of drug-likeness (QED) is 0.248. The van der Waals surface area contributed by atoms with E-state index in [0.29, 0.717) is 6.42 Å². The first-order valence-corrected chi connectivity index (χ1v) is 12.9. The molecule has 2 aromatic rings. The van der Waals surface area contributed by atoms with Crippen LogP contribution in [0.25, 0.3) is 0 Å². The van der Waals surface area contributed by atoms with Crippen molar-refractivity contribution in [3.8, 4) is 0 Å². The second-order valence-corrected chi connectivity index (χ2v) is 8.69. The number of nitrogens with zero attached hydrogens (tertiary/aromatic N) is 2. The van der Waals surface area contributed by atoms with Gasteiger partial charge >= 0.3 is 11.9 Å². The molecule has 0 saturated heterocycles. The Morgan fingerprint density at radius 2 is 1.18 bits per heavy atom. The molecule has 2 N–H and O–H groups in total. The first-order chi connectivity index (χ1) is 16.5. The van der Waals surface area contributed by atoms with Crippen LogP contribution < -0.4 is 0 Å². The average molecular weight is 471 g/mol. The molecule has 6 nitrogen and oxygen atoms in total. The van der Waals surface area contributed by atoms with Crippen molar-refractivity contribution in [3.63, 3.8) is 0 Å². The van der Waals surface area contributed by atoms with Crippen molar-refractivity contribution < 1.29 is 19.8 Å². The molecule has 0 saturated carbocycles. The van der Waals surface area contributed by atoms with Gasteiger partial charge in [-0.25, -0.2) is 9.59 Å². The molecule has 1 aromatic heterocycles. The third-order valence-corrected chi connectivity index (χ3v) is 5.92. The largest absolute Gasteiger partial charge is 0.478 e. The van der Waals surface area contributed by atoms with Gasteiger partial charge in [-0.1, -0.05) is 84.1 Å². The van der Waals surface area contributed by atoms with Crippen molar-refractivity contribution in [2.45, 2.75) is 104 Å². The number of carboxylic acid groups (broad SMARTS) is 2. The highest BCUT2D eigenvalue weighted by Gasteiger charge is 2.22. The Bertz CT molecular complexity index is 798. The summed E-state index contributed by atoms with van der Waals surface area (Å²) < 4.78 is 0. The number of carboxylic acids is 2. The van der Waals surface area contributed by atoms with Crippen LogP contribution in [0.15, 0.2) is 36.7 Å². The van der Waals surface area contributed by atoms with E-state index in [1.54, 1.807) is 12.4 Å². The van der Waals surface area contributed by atoms with Gasteiger partial charge in [0.15, 0.2) is 0 Å². The highest BCUT2D eigenvalue weighted by atomic mass is 16.4. The van der Waals surface area contributed by atoms with Gasteiger partial charge in [-0.2, -0.15) is 10.2 Å². The molecule has 1 aromatic carbocycles. The molecule has 0 amide bonds. The molecule has 0 fully saturated rings. The van der Waals surface area contributed by atoms with Crippen molar-refractivity contribution in [3.05, 3.63) is 58.9 Å². The number of hydrogen-bond donors (Lipinski definition) is 2. The summed E-state index contributed by atoms with van der Waals surface area (Å²) in [6, 6.07) is 6.97.